The largest absolute Gasteiger partial charge is 0.361 e. The van der Waals surface area contributed by atoms with Gasteiger partial charge in [0.25, 0.3) is 0 Å². The minimum Gasteiger partial charge on any atom is -0.361 e. The van der Waals surface area contributed by atoms with E-state index in [2.05, 4.69) is 19.2 Å². The lowest BCUT2D eigenvalue weighted by atomic mass is 9.89. The van der Waals surface area contributed by atoms with Crippen LogP contribution in [0, 0.1) is 0 Å². The van der Waals surface area contributed by atoms with Crippen LogP contribution in [0.15, 0.2) is 42.5 Å². The fourth-order valence-corrected chi connectivity index (χ4v) is 2.99. The minimum atomic E-state index is -1.30. The van der Waals surface area contributed by atoms with Crippen molar-refractivity contribution in [3.8, 4) is 0 Å². The van der Waals surface area contributed by atoms with Crippen LogP contribution < -0.4 is 5.32 Å². The van der Waals surface area contributed by atoms with E-state index in [0.717, 1.165) is 16.3 Å². The Morgan fingerprint density at radius 3 is 2.60 bits per heavy atom. The molecule has 3 nitrogen and oxygen atoms in total. The third-order valence-electron chi connectivity index (χ3n) is 4.02. The third kappa shape index (κ3) is 2.12. The highest BCUT2D eigenvalue weighted by Crippen LogP contribution is 2.36. The van der Waals surface area contributed by atoms with Crippen LogP contribution in [-0.2, 0) is 10.5 Å². The summed E-state index contributed by atoms with van der Waals surface area (Å²) in [7, 11) is 0. The highest BCUT2D eigenvalue weighted by atomic mass is 16.6. The maximum Gasteiger partial charge on any atom is 0.208 e. The number of nitrogens with one attached hydrogen (secondary N) is 1. The molecular formula is C17H21NO2. The Hall–Kier alpha value is -1.42. The Labute approximate surface area is 119 Å². The van der Waals surface area contributed by atoms with Gasteiger partial charge in [0, 0.05) is 11.1 Å². The van der Waals surface area contributed by atoms with Gasteiger partial charge >= 0.3 is 0 Å². The Bertz CT molecular complexity index is 632. The maximum atomic E-state index is 11.1. The second-order valence-electron chi connectivity index (χ2n) is 6.26. The molecule has 2 aromatic rings. The predicted octanol–water partition coefficient (Wildman–Crippen LogP) is 2.77. The summed E-state index contributed by atoms with van der Waals surface area (Å²) < 4.78 is 5.88. The molecule has 0 spiro atoms. The number of aliphatic hydroxyl groups is 1. The van der Waals surface area contributed by atoms with Crippen molar-refractivity contribution >= 4 is 10.8 Å². The molecule has 2 aromatic carbocycles. The van der Waals surface area contributed by atoms with E-state index in [1.54, 1.807) is 0 Å². The Morgan fingerprint density at radius 1 is 1.15 bits per heavy atom. The lowest BCUT2D eigenvalue weighted by Crippen LogP contribution is -2.63. The van der Waals surface area contributed by atoms with Crippen LogP contribution in [0.4, 0.5) is 0 Å². The van der Waals surface area contributed by atoms with Crippen LogP contribution in [0.1, 0.15) is 26.3 Å². The van der Waals surface area contributed by atoms with Gasteiger partial charge in [-0.2, -0.15) is 0 Å². The van der Waals surface area contributed by atoms with Gasteiger partial charge in [-0.05, 0) is 31.5 Å². The molecule has 1 saturated heterocycles. The van der Waals surface area contributed by atoms with Crippen LogP contribution in [-0.4, -0.2) is 23.3 Å². The summed E-state index contributed by atoms with van der Waals surface area (Å²) in [5.74, 6) is -1.30. The van der Waals surface area contributed by atoms with Gasteiger partial charge in [0.2, 0.25) is 5.79 Å². The van der Waals surface area contributed by atoms with E-state index in [1.165, 1.54) is 0 Å². The number of hydrogen-bond acceptors (Lipinski definition) is 3. The van der Waals surface area contributed by atoms with Crippen molar-refractivity contribution in [3.63, 3.8) is 0 Å². The number of rotatable bonds is 1. The van der Waals surface area contributed by atoms with E-state index in [9.17, 15) is 5.11 Å². The Morgan fingerprint density at radius 2 is 1.85 bits per heavy atom. The van der Waals surface area contributed by atoms with Gasteiger partial charge in [0.05, 0.1) is 12.6 Å². The van der Waals surface area contributed by atoms with Crippen molar-refractivity contribution in [3.05, 3.63) is 48.0 Å². The van der Waals surface area contributed by atoms with Crippen LogP contribution in [0.25, 0.3) is 10.8 Å². The SMILES string of the molecule is CC1NC(C)(C)COC1(O)c1cccc2ccccc12. The molecule has 2 atom stereocenters. The average molecular weight is 271 g/mol. The molecular weight excluding hydrogens is 250 g/mol. The Balaban J connectivity index is 2.10. The third-order valence-corrected chi connectivity index (χ3v) is 4.02. The topological polar surface area (TPSA) is 41.5 Å². The first-order chi connectivity index (χ1) is 9.42. The molecule has 3 heteroatoms. The molecule has 106 valence electrons. The highest BCUT2D eigenvalue weighted by Gasteiger charge is 2.45. The van der Waals surface area contributed by atoms with Crippen molar-refractivity contribution in [1.29, 1.82) is 0 Å². The summed E-state index contributed by atoms with van der Waals surface area (Å²) in [5, 5.41) is 16.6. The molecule has 0 bridgehead atoms. The highest BCUT2D eigenvalue weighted by molar-refractivity contribution is 5.86. The number of benzene rings is 2. The summed E-state index contributed by atoms with van der Waals surface area (Å²) >= 11 is 0. The summed E-state index contributed by atoms with van der Waals surface area (Å²) in [6.45, 7) is 6.58. The van der Waals surface area contributed by atoms with E-state index in [0.29, 0.717) is 6.61 Å². The molecule has 1 aliphatic heterocycles. The van der Waals surface area contributed by atoms with Crippen molar-refractivity contribution in [2.45, 2.75) is 38.1 Å². The van der Waals surface area contributed by atoms with E-state index in [-0.39, 0.29) is 11.6 Å². The Kier molecular flexibility index (Phi) is 3.09. The van der Waals surface area contributed by atoms with Crippen molar-refractivity contribution in [2.24, 2.45) is 0 Å². The zero-order chi connectivity index (χ0) is 14.4. The summed E-state index contributed by atoms with van der Waals surface area (Å²) in [6.07, 6.45) is 0. The van der Waals surface area contributed by atoms with Gasteiger partial charge in [0.1, 0.15) is 0 Å². The number of morpholine rings is 1. The molecule has 0 saturated carbocycles. The smallest absolute Gasteiger partial charge is 0.208 e. The first-order valence-electron chi connectivity index (χ1n) is 7.05. The van der Waals surface area contributed by atoms with Crippen LogP contribution in [0.2, 0.25) is 0 Å². The lowest BCUT2D eigenvalue weighted by Gasteiger charge is -2.46. The van der Waals surface area contributed by atoms with Crippen LogP contribution >= 0.6 is 0 Å². The molecule has 0 amide bonds. The van der Waals surface area contributed by atoms with E-state index in [1.807, 2.05) is 49.4 Å². The quantitative estimate of drug-likeness (QED) is 0.838. The second-order valence-corrected chi connectivity index (χ2v) is 6.26. The van der Waals surface area contributed by atoms with E-state index in [4.69, 9.17) is 4.74 Å². The molecule has 1 aliphatic rings. The van der Waals surface area contributed by atoms with Crippen molar-refractivity contribution < 1.29 is 9.84 Å². The molecule has 0 radical (unpaired) electrons. The maximum absolute atomic E-state index is 11.1. The molecule has 0 aromatic heterocycles. The van der Waals surface area contributed by atoms with Crippen molar-refractivity contribution in [1.82, 2.24) is 5.32 Å². The average Bonchev–Trinajstić information content (AvgIpc) is 2.42. The van der Waals surface area contributed by atoms with Gasteiger partial charge in [-0.1, -0.05) is 42.5 Å². The fraction of sp³-hybridized carbons (Fsp3) is 0.412. The number of fused-ring (bicyclic) bond motifs is 1. The van der Waals surface area contributed by atoms with Gasteiger partial charge in [-0.15, -0.1) is 0 Å². The molecule has 3 rings (SSSR count). The van der Waals surface area contributed by atoms with Gasteiger partial charge in [-0.25, -0.2) is 0 Å². The monoisotopic (exact) mass is 271 g/mol. The number of ether oxygens (including phenoxy) is 1. The normalized spacial score (nSPS) is 29.5. The zero-order valence-corrected chi connectivity index (χ0v) is 12.2. The van der Waals surface area contributed by atoms with Crippen LogP contribution in [0.3, 0.4) is 0 Å². The first-order valence-corrected chi connectivity index (χ1v) is 7.05. The van der Waals surface area contributed by atoms with Crippen LogP contribution in [0.5, 0.6) is 0 Å². The molecule has 20 heavy (non-hydrogen) atoms. The molecule has 2 unspecified atom stereocenters. The summed E-state index contributed by atoms with van der Waals surface area (Å²) in [6, 6.07) is 13.8. The van der Waals surface area contributed by atoms with Crippen molar-refractivity contribution in [2.75, 3.05) is 6.61 Å². The van der Waals surface area contributed by atoms with Gasteiger partial charge in [0.15, 0.2) is 0 Å². The lowest BCUT2D eigenvalue weighted by molar-refractivity contribution is -0.262. The summed E-state index contributed by atoms with van der Waals surface area (Å²) in [4.78, 5) is 0. The fourth-order valence-electron chi connectivity index (χ4n) is 2.99. The summed E-state index contributed by atoms with van der Waals surface area (Å²) in [5.41, 5.74) is 0.696. The molecule has 2 N–H and O–H groups in total. The van der Waals surface area contributed by atoms with E-state index < -0.39 is 5.79 Å². The minimum absolute atomic E-state index is 0.129. The van der Waals surface area contributed by atoms with Gasteiger partial charge in [-0.3, -0.25) is 0 Å². The number of hydrogen-bond donors (Lipinski definition) is 2. The predicted molar refractivity (Wildman–Crippen MR) is 80.5 cm³/mol. The molecule has 1 heterocycles. The standard InChI is InChI=1S/C17H21NO2/c1-12-17(19,20-11-16(2,3)18-12)15-10-6-8-13-7-4-5-9-14(13)15/h4-10,12,18-19H,11H2,1-3H3. The molecule has 1 fully saturated rings. The second kappa shape index (κ2) is 4.55. The zero-order valence-electron chi connectivity index (χ0n) is 12.2. The molecule has 0 aliphatic carbocycles. The van der Waals surface area contributed by atoms with Gasteiger partial charge < -0.3 is 15.2 Å². The first kappa shape index (κ1) is 13.6. The van der Waals surface area contributed by atoms with E-state index >= 15 is 0 Å².